The average molecular weight is 366 g/mol. The number of carbonyl (C=O) groups is 2. The zero-order valence-corrected chi connectivity index (χ0v) is 16.0. The third-order valence-electron chi connectivity index (χ3n) is 7.27. The maximum atomic E-state index is 13.3. The second-order valence-electron chi connectivity index (χ2n) is 8.91. The molecule has 0 aromatic heterocycles. The number of benzene rings is 1. The molecule has 1 aromatic carbocycles. The van der Waals surface area contributed by atoms with Crippen molar-refractivity contribution >= 4 is 17.3 Å². The third-order valence-corrected chi connectivity index (χ3v) is 7.27. The van der Waals surface area contributed by atoms with Crippen LogP contribution in [-0.4, -0.2) is 25.5 Å². The van der Waals surface area contributed by atoms with Crippen LogP contribution in [0.3, 0.4) is 0 Å². The lowest BCUT2D eigenvalue weighted by Crippen LogP contribution is -2.46. The van der Waals surface area contributed by atoms with Gasteiger partial charge in [0.2, 0.25) is 5.78 Å². The lowest BCUT2D eigenvalue weighted by atomic mass is 9.47. The molecule has 0 radical (unpaired) electrons. The zero-order valence-electron chi connectivity index (χ0n) is 16.0. The Kier molecular flexibility index (Phi) is 3.75. The van der Waals surface area contributed by atoms with Crippen LogP contribution in [0.25, 0.3) is 5.57 Å². The first-order valence-corrected chi connectivity index (χ1v) is 10.2. The molecule has 4 fully saturated rings. The molecule has 0 heterocycles. The summed E-state index contributed by atoms with van der Waals surface area (Å²) in [6, 6.07) is 5.66. The Balaban J connectivity index is 1.69. The fourth-order valence-corrected chi connectivity index (χ4v) is 6.80. The fraction of sp³-hybridized carbons (Fsp3) is 0.565. The van der Waals surface area contributed by atoms with Gasteiger partial charge in [0.15, 0.2) is 0 Å². The number of ketones is 1. The van der Waals surface area contributed by atoms with Gasteiger partial charge in [-0.15, -0.1) is 0 Å². The average Bonchev–Trinajstić information content (AvgIpc) is 2.94. The molecule has 5 aliphatic carbocycles. The maximum Gasteiger partial charge on any atom is 0.342 e. The smallest absolute Gasteiger partial charge is 0.342 e. The molecule has 0 spiro atoms. The number of esters is 1. The highest BCUT2D eigenvalue weighted by molar-refractivity contribution is 6.34. The van der Waals surface area contributed by atoms with Crippen LogP contribution in [0.15, 0.2) is 23.8 Å². The molecular weight excluding hydrogens is 340 g/mol. The van der Waals surface area contributed by atoms with E-state index in [-0.39, 0.29) is 17.8 Å². The lowest BCUT2D eigenvalue weighted by molar-refractivity contribution is -0.138. The van der Waals surface area contributed by atoms with E-state index < -0.39 is 5.97 Å². The minimum Gasteiger partial charge on any atom is -0.497 e. The van der Waals surface area contributed by atoms with Gasteiger partial charge < -0.3 is 9.47 Å². The number of fused-ring (bicyclic) bond motifs is 1. The summed E-state index contributed by atoms with van der Waals surface area (Å²) in [5.74, 6) is 2.23. The third kappa shape index (κ3) is 2.41. The highest BCUT2D eigenvalue weighted by Gasteiger charge is 2.56. The summed E-state index contributed by atoms with van der Waals surface area (Å²) in [6.45, 7) is 2.07. The van der Waals surface area contributed by atoms with Crippen molar-refractivity contribution in [3.05, 3.63) is 34.9 Å². The highest BCUT2D eigenvalue weighted by Crippen LogP contribution is 2.66. The number of methoxy groups -OCH3 is 1. The summed E-state index contributed by atoms with van der Waals surface area (Å²) in [5.41, 5.74) is 2.78. The van der Waals surface area contributed by atoms with Crippen molar-refractivity contribution in [3.63, 3.8) is 0 Å². The van der Waals surface area contributed by atoms with E-state index in [0.29, 0.717) is 16.9 Å². The summed E-state index contributed by atoms with van der Waals surface area (Å²) >= 11 is 0. The molecule has 0 atom stereocenters. The van der Waals surface area contributed by atoms with Crippen molar-refractivity contribution in [1.82, 2.24) is 0 Å². The second kappa shape index (κ2) is 5.95. The van der Waals surface area contributed by atoms with Gasteiger partial charge >= 0.3 is 5.97 Å². The van der Waals surface area contributed by atoms with Crippen molar-refractivity contribution in [2.24, 2.45) is 23.2 Å². The maximum absolute atomic E-state index is 13.3. The van der Waals surface area contributed by atoms with Crippen molar-refractivity contribution in [2.75, 3.05) is 13.7 Å². The van der Waals surface area contributed by atoms with Crippen LogP contribution in [-0.2, 0) is 9.53 Å². The first-order valence-electron chi connectivity index (χ1n) is 10.2. The predicted octanol–water partition coefficient (Wildman–Crippen LogP) is 4.42. The number of ether oxygens (including phenoxy) is 2. The molecule has 0 amide bonds. The van der Waals surface area contributed by atoms with Gasteiger partial charge in [-0.2, -0.15) is 0 Å². The number of hydrogen-bond acceptors (Lipinski definition) is 4. The second-order valence-corrected chi connectivity index (χ2v) is 8.91. The van der Waals surface area contributed by atoms with Crippen molar-refractivity contribution in [3.8, 4) is 5.75 Å². The largest absolute Gasteiger partial charge is 0.497 e. The summed E-state index contributed by atoms with van der Waals surface area (Å²) in [7, 11) is 1.60. The molecule has 4 nitrogen and oxygen atoms in total. The Bertz CT molecular complexity index is 828. The molecule has 4 bridgehead atoms. The van der Waals surface area contributed by atoms with Crippen LogP contribution in [0.2, 0.25) is 0 Å². The van der Waals surface area contributed by atoms with Crippen LogP contribution in [0.5, 0.6) is 5.75 Å². The van der Waals surface area contributed by atoms with E-state index in [1.54, 1.807) is 20.1 Å². The number of allylic oxidation sites excluding steroid dienone is 1. The standard InChI is InChI=1S/C23H26O4/c1-3-27-22(25)19-20(17-5-4-16(26-2)9-18(17)21(19)24)23-10-13-6-14(11-23)8-15(7-13)12-23/h4-5,9,13-15H,3,6-8,10-12H2,1-2H3. The van der Waals surface area contributed by atoms with Crippen LogP contribution in [0.4, 0.5) is 0 Å². The fourth-order valence-electron chi connectivity index (χ4n) is 6.80. The quantitative estimate of drug-likeness (QED) is 0.584. The molecule has 0 aliphatic heterocycles. The molecule has 0 unspecified atom stereocenters. The highest BCUT2D eigenvalue weighted by atomic mass is 16.5. The van der Waals surface area contributed by atoms with Gasteiger partial charge in [-0.3, -0.25) is 4.79 Å². The first kappa shape index (κ1) is 17.0. The van der Waals surface area contributed by atoms with Crippen LogP contribution < -0.4 is 4.74 Å². The lowest BCUT2D eigenvalue weighted by Gasteiger charge is -2.57. The first-order chi connectivity index (χ1) is 13.0. The molecule has 27 heavy (non-hydrogen) atoms. The minimum absolute atomic E-state index is 0.0354. The Hall–Kier alpha value is -2.10. The van der Waals surface area contributed by atoms with Gasteiger partial charge in [-0.05, 0) is 91.9 Å². The van der Waals surface area contributed by atoms with Gasteiger partial charge in [-0.1, -0.05) is 6.07 Å². The van der Waals surface area contributed by atoms with Crippen molar-refractivity contribution < 1.29 is 19.1 Å². The Morgan fingerprint density at radius 2 is 1.70 bits per heavy atom. The topological polar surface area (TPSA) is 52.6 Å². The Labute approximate surface area is 159 Å². The van der Waals surface area contributed by atoms with Gasteiger partial charge in [0, 0.05) is 5.56 Å². The molecular formula is C23H26O4. The van der Waals surface area contributed by atoms with Crippen molar-refractivity contribution in [2.45, 2.75) is 45.4 Å². The zero-order chi connectivity index (χ0) is 18.8. The van der Waals surface area contributed by atoms with Gasteiger partial charge in [0.25, 0.3) is 0 Å². The molecule has 1 aromatic rings. The van der Waals surface area contributed by atoms with E-state index in [0.717, 1.165) is 48.2 Å². The van der Waals surface area contributed by atoms with E-state index in [4.69, 9.17) is 9.47 Å². The summed E-state index contributed by atoms with van der Waals surface area (Å²) in [5, 5.41) is 0. The monoisotopic (exact) mass is 366 g/mol. The van der Waals surface area contributed by atoms with Gasteiger partial charge in [0.1, 0.15) is 11.3 Å². The SMILES string of the molecule is CCOC(=O)C1=C(C23CC4CC(CC(C4)C2)C3)c2ccc(OC)cc2C1=O. The summed E-state index contributed by atoms with van der Waals surface area (Å²) in [4.78, 5) is 26.1. The molecule has 142 valence electrons. The molecule has 0 saturated heterocycles. The Morgan fingerprint density at radius 3 is 2.26 bits per heavy atom. The molecule has 4 saturated carbocycles. The van der Waals surface area contributed by atoms with Crippen LogP contribution in [0, 0.1) is 23.2 Å². The van der Waals surface area contributed by atoms with E-state index in [1.807, 2.05) is 12.1 Å². The summed E-state index contributed by atoms with van der Waals surface area (Å²) < 4.78 is 10.7. The number of Topliss-reactive ketones (excluding diaryl/α,β-unsaturated/α-hetero) is 1. The van der Waals surface area contributed by atoms with Crippen LogP contribution in [0.1, 0.15) is 61.4 Å². The molecule has 0 N–H and O–H groups in total. The Morgan fingerprint density at radius 1 is 1.07 bits per heavy atom. The number of rotatable bonds is 4. The van der Waals surface area contributed by atoms with E-state index in [9.17, 15) is 9.59 Å². The van der Waals surface area contributed by atoms with Crippen molar-refractivity contribution in [1.29, 1.82) is 0 Å². The van der Waals surface area contributed by atoms with Gasteiger partial charge in [-0.25, -0.2) is 4.79 Å². The number of carbonyl (C=O) groups excluding carboxylic acids is 2. The predicted molar refractivity (Wildman–Crippen MR) is 101 cm³/mol. The van der Waals surface area contributed by atoms with E-state index in [2.05, 4.69) is 0 Å². The van der Waals surface area contributed by atoms with Crippen LogP contribution >= 0.6 is 0 Å². The molecule has 4 heteroatoms. The van der Waals surface area contributed by atoms with Gasteiger partial charge in [0.05, 0.1) is 13.7 Å². The minimum atomic E-state index is -0.455. The molecule has 5 aliphatic rings. The van der Waals surface area contributed by atoms with E-state index in [1.165, 1.54) is 19.3 Å². The summed E-state index contributed by atoms with van der Waals surface area (Å²) in [6.07, 6.45) is 7.29. The normalized spacial score (nSPS) is 33.4. The molecule has 6 rings (SSSR count). The number of hydrogen-bond donors (Lipinski definition) is 0. The van der Waals surface area contributed by atoms with E-state index >= 15 is 0 Å².